The van der Waals surface area contributed by atoms with Gasteiger partial charge in [-0.2, -0.15) is 0 Å². The van der Waals surface area contributed by atoms with Gasteiger partial charge in [-0.25, -0.2) is 0 Å². The number of hydrogen-bond acceptors (Lipinski definition) is 44. The van der Waals surface area contributed by atoms with Gasteiger partial charge in [-0.1, -0.05) is 0 Å². The minimum absolute atomic E-state index is 0. The third kappa shape index (κ3) is 1430. The molecule has 0 atom stereocenters. The summed E-state index contributed by atoms with van der Waals surface area (Å²) >= 11 is 0. The van der Waals surface area contributed by atoms with Gasteiger partial charge in [0.05, 0.1) is 30.5 Å². The predicted molar refractivity (Wildman–Crippen MR) is 176 cm³/mol. The summed E-state index contributed by atoms with van der Waals surface area (Å²) in [5.41, 5.74) is 0. The Hall–Kier alpha value is -13.3. The molecule has 0 unspecified atom stereocenters. The Balaban J connectivity index is -0.0000000217. The fourth-order valence-corrected chi connectivity index (χ4v) is 0. The Kier molecular flexibility index (Phi) is 251. The van der Waals surface area contributed by atoms with Crippen molar-refractivity contribution in [2.75, 3.05) is 0 Å². The van der Waals surface area contributed by atoms with Crippen LogP contribution in [0.15, 0.2) is 0 Å². The Morgan fingerprint density at radius 3 is 0.127 bits per heavy atom. The first-order valence-corrected chi connectivity index (χ1v) is 10.6. The van der Waals surface area contributed by atoms with E-state index in [9.17, 15) is 0 Å². The average Bonchev–Trinajstić information content (AvgIpc) is 2.95. The molecule has 0 heterocycles. The van der Waals surface area contributed by atoms with Crippen molar-refractivity contribution in [3.05, 3.63) is 223 Å². The van der Waals surface area contributed by atoms with Crippen molar-refractivity contribution in [3.63, 3.8) is 0 Å². The minimum atomic E-state index is -1.75. The number of nitrogens with zero attached hydrogens (tertiary/aromatic N) is 19. The van der Waals surface area contributed by atoms with Crippen LogP contribution < -0.4 is 0 Å². The first-order valence-electron chi connectivity index (χ1n) is 10.6. The first-order chi connectivity index (χ1) is 32.9. The second-order valence-electron chi connectivity index (χ2n) is 4.43. The molecular weight excluding hydrogens is 1370 g/mol. The second kappa shape index (κ2) is 137. The predicted octanol–water partition coefficient (Wildman–Crippen LogP) is -5.96. The van der Waals surface area contributed by atoms with Crippen LogP contribution in [0.5, 0.6) is 0 Å². The monoisotopic (exact) mass is 1380 g/mol. The van der Waals surface area contributed by atoms with Gasteiger partial charge in [-0.3, -0.25) is 0 Å². The van der Waals surface area contributed by atoms with Gasteiger partial charge in [-0.05, 0) is 0 Å². The van der Waals surface area contributed by atoms with Crippen LogP contribution in [0, 0.1) is 223 Å². The minimum Gasteiger partial charge on any atom is -0.356 e. The molecule has 13 N–H and O–H groups in total. The molecule has 0 aliphatic carbocycles. The van der Waals surface area contributed by atoms with E-state index in [0.29, 0.717) is 0 Å². The van der Waals surface area contributed by atoms with E-state index in [-0.39, 0.29) is 58.4 Å². The zero-order chi connectivity index (χ0) is 68.0. The molecule has 456 valence electrons. The largest absolute Gasteiger partial charge is 2.00 e. The summed E-state index contributed by atoms with van der Waals surface area (Å²) in [7, 11) is 0. The number of hydrogen-bond donors (Lipinski definition) is 13. The van der Waals surface area contributed by atoms with Crippen molar-refractivity contribution in [3.8, 4) is 0 Å². The van der Waals surface area contributed by atoms with Crippen LogP contribution in [0.1, 0.15) is 0 Å². The SMILES string of the molecule is O=[N+]([O-])O.O=[N+]([O-])O.O=[N+]([O-])O.O=[N+]([O-])O.O=[N+]([O-])O.O=[N+]([O-])O.O=[N+]([O-])O.O=[N+]([O-])O.O=[N+]([O-])O.O=[N+]([O-])O.O=[N+]([O-])O.O=[N+]([O-])O.O=[N+]([O-])O.O=[N+]([O-])[O-].O=[N+]([O-])[O-].O=[N+]([O-])[O-].O=[N+]([O-])[O-].O=[N+]([O-])[O-].O=[N+]([O-])[O-].[Zn+2].[Zn+2].[Zn+2]. The summed E-state index contributed by atoms with van der Waals surface area (Å²) in [5.74, 6) is 0. The van der Waals surface area contributed by atoms with Crippen LogP contribution in [0.2, 0.25) is 0 Å². The van der Waals surface area contributed by atoms with Crippen LogP contribution >= 0.6 is 0 Å². The molecule has 0 radical (unpaired) electrons. The van der Waals surface area contributed by atoms with E-state index in [1.54, 1.807) is 0 Å². The van der Waals surface area contributed by atoms with Gasteiger partial charge >= 0.3 is 58.4 Å². The summed E-state index contributed by atoms with van der Waals surface area (Å²) in [5, 5.41) is 266. The van der Waals surface area contributed by atoms with E-state index in [4.69, 9.17) is 291 Å². The maximum absolute atomic E-state index is 8.36. The Labute approximate surface area is 446 Å². The fourth-order valence-electron chi connectivity index (χ4n) is 0. The molecule has 0 amide bonds. The molecule has 0 aromatic heterocycles. The van der Waals surface area contributed by atoms with E-state index < -0.39 is 96.6 Å². The summed E-state index contributed by atoms with van der Waals surface area (Å²) in [4.78, 5) is 158. The molecular formula is H13N19O57Zn3. The summed E-state index contributed by atoms with van der Waals surface area (Å²) in [6, 6.07) is 0. The first kappa shape index (κ1) is 144. The van der Waals surface area contributed by atoms with Crippen molar-refractivity contribution in [1.82, 2.24) is 0 Å². The molecule has 0 rings (SSSR count). The van der Waals surface area contributed by atoms with Crippen LogP contribution in [0.4, 0.5) is 0 Å². The van der Waals surface area contributed by atoms with E-state index in [1.165, 1.54) is 0 Å². The van der Waals surface area contributed by atoms with E-state index in [1.807, 2.05) is 0 Å². The van der Waals surface area contributed by atoms with Crippen LogP contribution in [0.25, 0.3) is 0 Å². The quantitative estimate of drug-likeness (QED) is 0.0610. The molecule has 76 nitrogen and oxygen atoms in total. The Morgan fingerprint density at radius 2 is 0.127 bits per heavy atom. The van der Waals surface area contributed by atoms with Gasteiger partial charge in [0.1, 0.15) is 0 Å². The van der Waals surface area contributed by atoms with Gasteiger partial charge in [-0.15, -0.1) is 131 Å². The third-order valence-corrected chi connectivity index (χ3v) is 0. The molecule has 0 bridgehead atoms. The van der Waals surface area contributed by atoms with Gasteiger partial charge < -0.3 is 160 Å². The van der Waals surface area contributed by atoms with Crippen molar-refractivity contribution in [2.24, 2.45) is 0 Å². The van der Waals surface area contributed by atoms with E-state index in [2.05, 4.69) is 0 Å². The summed E-state index contributed by atoms with van der Waals surface area (Å²) in [6.07, 6.45) is 0. The molecule has 79 heavy (non-hydrogen) atoms. The van der Waals surface area contributed by atoms with Gasteiger partial charge in [0, 0.05) is 0 Å². The molecule has 0 fully saturated rings. The molecule has 0 saturated heterocycles. The molecule has 79 heteroatoms. The Morgan fingerprint density at radius 1 is 0.127 bits per heavy atom. The van der Waals surface area contributed by atoms with Gasteiger partial charge in [0.15, 0.2) is 0 Å². The number of rotatable bonds is 0. The maximum atomic E-state index is 8.36. The van der Waals surface area contributed by atoms with E-state index in [0.717, 1.165) is 0 Å². The maximum Gasteiger partial charge on any atom is 2.00 e. The third-order valence-electron chi connectivity index (χ3n) is 0. The Bertz CT molecular complexity index is 1000. The standard InChI is InChI=1S/13HNO3.6NO3.3Zn/c19*2-1(3)4;;;/h13*(H,2,3,4);;;;;;;;;/q;;;;;;;;;;;;;6*-1;3*+2. The molecule has 0 aliphatic rings. The van der Waals surface area contributed by atoms with Crippen LogP contribution in [-0.2, 0) is 58.4 Å². The van der Waals surface area contributed by atoms with E-state index >= 15 is 0 Å². The molecule has 0 spiro atoms. The van der Waals surface area contributed by atoms with Crippen molar-refractivity contribution in [1.29, 1.82) is 0 Å². The van der Waals surface area contributed by atoms with Crippen molar-refractivity contribution >= 4 is 0 Å². The smallest absolute Gasteiger partial charge is 0.356 e. The van der Waals surface area contributed by atoms with Gasteiger partial charge in [0.2, 0.25) is 0 Å². The average molecular weight is 1390 g/mol. The summed E-state index contributed by atoms with van der Waals surface area (Å²) in [6.45, 7) is 0. The zero-order valence-corrected chi connectivity index (χ0v) is 43.3. The molecule has 0 aromatic rings. The summed E-state index contributed by atoms with van der Waals surface area (Å²) < 4.78 is 0. The van der Waals surface area contributed by atoms with Crippen molar-refractivity contribution < 1.29 is 223 Å². The zero-order valence-electron chi connectivity index (χ0n) is 34.4. The van der Waals surface area contributed by atoms with Crippen LogP contribution in [0.3, 0.4) is 0 Å². The normalized spacial score (nSPS) is 5.77. The second-order valence-corrected chi connectivity index (χ2v) is 4.43. The van der Waals surface area contributed by atoms with Gasteiger partial charge in [0.25, 0.3) is 66.1 Å². The topological polar surface area (TPSA) is 1220 Å². The molecule has 0 aliphatic heterocycles. The van der Waals surface area contributed by atoms with Crippen molar-refractivity contribution in [2.45, 2.75) is 0 Å². The molecule has 0 aromatic carbocycles. The van der Waals surface area contributed by atoms with Crippen LogP contribution in [-0.4, -0.2) is 164 Å². The fraction of sp³-hybridized carbons (Fsp3) is 0. The molecule has 0 saturated carbocycles.